The monoisotopic (exact) mass is 206 g/mol. The summed E-state index contributed by atoms with van der Waals surface area (Å²) < 4.78 is 33.1. The van der Waals surface area contributed by atoms with Crippen LogP contribution in [0.2, 0.25) is 0 Å². The third-order valence-electron chi connectivity index (χ3n) is 2.59. The molecule has 0 bridgehead atoms. The number of fused-ring (bicyclic) bond motifs is 1. The lowest BCUT2D eigenvalue weighted by atomic mass is 10.1. The molecular weight excluding hydrogens is 192 g/mol. The number of sulfone groups is 1. The Bertz CT molecular complexity index is 265. The van der Waals surface area contributed by atoms with Crippen LogP contribution in [0.1, 0.15) is 13.3 Å². The summed E-state index contributed by atoms with van der Waals surface area (Å²) in [5, 5.41) is 0. The zero-order chi connectivity index (χ0) is 9.47. The molecule has 2 heterocycles. The van der Waals surface area contributed by atoms with Crippen molar-refractivity contribution in [2.75, 3.05) is 18.1 Å². The molecule has 0 unspecified atom stereocenters. The van der Waals surface area contributed by atoms with E-state index in [0.29, 0.717) is 6.61 Å². The summed E-state index contributed by atoms with van der Waals surface area (Å²) >= 11 is 0. The van der Waals surface area contributed by atoms with E-state index in [1.165, 1.54) is 0 Å². The molecule has 2 rings (SSSR count). The van der Waals surface area contributed by atoms with Gasteiger partial charge in [-0.25, -0.2) is 8.42 Å². The maximum Gasteiger partial charge on any atom is 0.158 e. The molecule has 13 heavy (non-hydrogen) atoms. The highest BCUT2D eigenvalue weighted by Gasteiger charge is 2.45. The first-order chi connectivity index (χ1) is 6.11. The molecule has 0 radical (unpaired) electrons. The van der Waals surface area contributed by atoms with Crippen molar-refractivity contribution in [2.45, 2.75) is 25.7 Å². The van der Waals surface area contributed by atoms with Crippen LogP contribution >= 0.6 is 0 Å². The highest BCUT2D eigenvalue weighted by atomic mass is 32.2. The fourth-order valence-electron chi connectivity index (χ4n) is 2.05. The van der Waals surface area contributed by atoms with Gasteiger partial charge in [0, 0.05) is 18.9 Å². The van der Waals surface area contributed by atoms with Crippen LogP contribution in [0.3, 0.4) is 0 Å². The van der Waals surface area contributed by atoms with E-state index in [1.54, 1.807) is 0 Å². The predicted octanol–water partition coefficient (Wildman–Crippen LogP) is 0.182. The van der Waals surface area contributed by atoms with Crippen molar-refractivity contribution in [3.63, 3.8) is 0 Å². The van der Waals surface area contributed by atoms with E-state index >= 15 is 0 Å². The van der Waals surface area contributed by atoms with Crippen LogP contribution in [0.4, 0.5) is 0 Å². The first-order valence-corrected chi connectivity index (χ1v) is 6.40. The molecule has 0 saturated carbocycles. The summed E-state index contributed by atoms with van der Waals surface area (Å²) in [6.07, 6.45) is 0.453. The maximum absolute atomic E-state index is 11.2. The second kappa shape index (κ2) is 3.22. The van der Waals surface area contributed by atoms with Crippen molar-refractivity contribution in [2.24, 2.45) is 5.92 Å². The Labute approximate surface area is 78.1 Å². The molecule has 3 atom stereocenters. The van der Waals surface area contributed by atoms with Gasteiger partial charge in [-0.1, -0.05) is 0 Å². The van der Waals surface area contributed by atoms with Crippen molar-refractivity contribution in [1.29, 1.82) is 0 Å². The molecule has 0 amide bonds. The Morgan fingerprint density at radius 1 is 1.46 bits per heavy atom. The van der Waals surface area contributed by atoms with Gasteiger partial charge in [0.2, 0.25) is 0 Å². The lowest BCUT2D eigenvalue weighted by molar-refractivity contribution is -0.125. The zero-order valence-electron chi connectivity index (χ0n) is 7.60. The Balaban J connectivity index is 1.97. The van der Waals surface area contributed by atoms with Gasteiger partial charge in [-0.15, -0.1) is 0 Å². The molecule has 0 aromatic rings. The second-order valence-corrected chi connectivity index (χ2v) is 5.79. The highest BCUT2D eigenvalue weighted by Crippen LogP contribution is 2.34. The van der Waals surface area contributed by atoms with Gasteiger partial charge < -0.3 is 9.47 Å². The molecule has 5 heteroatoms. The van der Waals surface area contributed by atoms with Gasteiger partial charge in [-0.2, -0.15) is 0 Å². The molecule has 0 aromatic heterocycles. The zero-order valence-corrected chi connectivity index (χ0v) is 8.42. The fraction of sp³-hybridized carbons (Fsp3) is 1.00. The largest absolute Gasteiger partial charge is 0.353 e. The van der Waals surface area contributed by atoms with Crippen molar-refractivity contribution in [3.8, 4) is 0 Å². The lowest BCUT2D eigenvalue weighted by Gasteiger charge is -2.11. The number of ether oxygens (including phenoxy) is 2. The van der Waals surface area contributed by atoms with Crippen molar-refractivity contribution < 1.29 is 17.9 Å². The predicted molar refractivity (Wildman–Crippen MR) is 47.0 cm³/mol. The molecule has 0 aromatic carbocycles. The summed E-state index contributed by atoms with van der Waals surface area (Å²) in [6.45, 7) is 2.53. The molecule has 2 fully saturated rings. The molecule has 2 aliphatic heterocycles. The molecule has 76 valence electrons. The van der Waals surface area contributed by atoms with Gasteiger partial charge in [0.05, 0.1) is 17.6 Å². The van der Waals surface area contributed by atoms with Crippen molar-refractivity contribution >= 4 is 9.84 Å². The van der Waals surface area contributed by atoms with Crippen molar-refractivity contribution in [1.82, 2.24) is 0 Å². The van der Waals surface area contributed by atoms with Crippen LogP contribution in [0.25, 0.3) is 0 Å². The fourth-order valence-corrected chi connectivity index (χ4v) is 4.04. The number of hydrogen-bond donors (Lipinski definition) is 0. The molecule has 2 saturated heterocycles. The Morgan fingerprint density at radius 2 is 2.23 bits per heavy atom. The van der Waals surface area contributed by atoms with Crippen molar-refractivity contribution in [3.05, 3.63) is 0 Å². The summed E-state index contributed by atoms with van der Waals surface area (Å²) in [6, 6.07) is 0. The molecule has 0 spiro atoms. The molecular formula is C8H14O4S. The summed E-state index contributed by atoms with van der Waals surface area (Å²) in [7, 11) is -2.82. The van der Waals surface area contributed by atoms with Crippen LogP contribution in [-0.2, 0) is 19.3 Å². The Morgan fingerprint density at radius 3 is 2.85 bits per heavy atom. The van der Waals surface area contributed by atoms with E-state index in [4.69, 9.17) is 9.47 Å². The minimum atomic E-state index is -2.82. The van der Waals surface area contributed by atoms with Gasteiger partial charge in [0.25, 0.3) is 0 Å². The standard InChI is InChI=1S/C8H14O4S/c1-2-11-8-3-6-4-13(9,10)5-7(6)12-8/h6-8H,2-5H2,1H3/t6-,7+,8-/m1/s1. The van der Waals surface area contributed by atoms with Gasteiger partial charge in [-0.05, 0) is 6.92 Å². The molecule has 2 aliphatic rings. The van der Waals surface area contributed by atoms with Crippen LogP contribution in [0.15, 0.2) is 0 Å². The SMILES string of the molecule is CCO[C@H]1C[C@@H]2CS(=O)(=O)C[C@@H]2O1. The lowest BCUT2D eigenvalue weighted by Crippen LogP contribution is -2.18. The average Bonchev–Trinajstić information content (AvgIpc) is 2.41. The minimum absolute atomic E-state index is 0.110. The van der Waals surface area contributed by atoms with Gasteiger partial charge in [0.1, 0.15) is 0 Å². The first-order valence-electron chi connectivity index (χ1n) is 4.58. The van der Waals surface area contributed by atoms with E-state index in [9.17, 15) is 8.42 Å². The van der Waals surface area contributed by atoms with Crippen LogP contribution < -0.4 is 0 Å². The minimum Gasteiger partial charge on any atom is -0.353 e. The third-order valence-corrected chi connectivity index (χ3v) is 4.36. The Kier molecular flexibility index (Phi) is 2.33. The van der Waals surface area contributed by atoms with E-state index < -0.39 is 9.84 Å². The quantitative estimate of drug-likeness (QED) is 0.647. The Hall–Kier alpha value is -0.130. The number of rotatable bonds is 2. The van der Waals surface area contributed by atoms with E-state index in [1.807, 2.05) is 6.92 Å². The first kappa shape index (κ1) is 9.43. The third kappa shape index (κ3) is 1.87. The summed E-state index contributed by atoms with van der Waals surface area (Å²) in [5.41, 5.74) is 0. The number of hydrogen-bond acceptors (Lipinski definition) is 4. The van der Waals surface area contributed by atoms with Gasteiger partial charge in [0.15, 0.2) is 16.1 Å². The summed E-state index contributed by atoms with van der Waals surface area (Å²) in [5.74, 6) is 0.629. The van der Waals surface area contributed by atoms with E-state index in [0.717, 1.165) is 6.42 Å². The molecule has 0 N–H and O–H groups in total. The van der Waals surface area contributed by atoms with Crippen LogP contribution in [0.5, 0.6) is 0 Å². The van der Waals surface area contributed by atoms with Gasteiger partial charge >= 0.3 is 0 Å². The molecule has 0 aliphatic carbocycles. The van der Waals surface area contributed by atoms with E-state index in [2.05, 4.69) is 0 Å². The van der Waals surface area contributed by atoms with Crippen LogP contribution in [-0.4, -0.2) is 38.9 Å². The summed E-state index contributed by atoms with van der Waals surface area (Å²) in [4.78, 5) is 0. The van der Waals surface area contributed by atoms with E-state index in [-0.39, 0.29) is 29.8 Å². The highest BCUT2D eigenvalue weighted by molar-refractivity contribution is 7.91. The maximum atomic E-state index is 11.2. The molecule has 4 nitrogen and oxygen atoms in total. The topological polar surface area (TPSA) is 52.6 Å². The van der Waals surface area contributed by atoms with Gasteiger partial charge in [-0.3, -0.25) is 0 Å². The second-order valence-electron chi connectivity index (χ2n) is 3.63. The smallest absolute Gasteiger partial charge is 0.158 e. The normalized spacial score (nSPS) is 42.1. The van der Waals surface area contributed by atoms with Crippen LogP contribution in [0, 0.1) is 5.92 Å². The average molecular weight is 206 g/mol.